The molecule has 3 N–H and O–H groups in total. The molecule has 9 nitrogen and oxygen atoms in total. The molecule has 2 amide bonds. The predicted molar refractivity (Wildman–Crippen MR) is 145 cm³/mol. The Morgan fingerprint density at radius 1 is 0.921 bits per heavy atom. The number of carbonyl (C=O) groups is 3. The van der Waals surface area contributed by atoms with Gasteiger partial charge >= 0.3 is 0 Å². The van der Waals surface area contributed by atoms with Crippen molar-refractivity contribution in [3.63, 3.8) is 0 Å². The molecule has 38 heavy (non-hydrogen) atoms. The third-order valence-corrected chi connectivity index (χ3v) is 6.25. The number of rotatable bonds is 8. The van der Waals surface area contributed by atoms with Gasteiger partial charge in [-0.1, -0.05) is 24.3 Å². The van der Waals surface area contributed by atoms with Gasteiger partial charge in [0.15, 0.2) is 5.78 Å². The second-order valence-corrected chi connectivity index (χ2v) is 9.32. The van der Waals surface area contributed by atoms with E-state index >= 15 is 0 Å². The van der Waals surface area contributed by atoms with Crippen molar-refractivity contribution in [3.05, 3.63) is 83.4 Å². The number of aromatic nitrogens is 2. The number of ether oxygens (including phenoxy) is 1. The van der Waals surface area contributed by atoms with Crippen LogP contribution in [0.25, 0.3) is 22.5 Å². The highest BCUT2D eigenvalue weighted by molar-refractivity contribution is 6.27. The van der Waals surface area contributed by atoms with Crippen LogP contribution in [0.5, 0.6) is 5.75 Å². The number of nitrogens with zero attached hydrogens (tertiary/aromatic N) is 2. The molecule has 1 heterocycles. The number of carbonyl (C=O) groups excluding carboxylic acids is 3. The number of ketones is 1. The maximum atomic E-state index is 13.5. The summed E-state index contributed by atoms with van der Waals surface area (Å²) < 4.78 is 5.23. The van der Waals surface area contributed by atoms with Crippen LogP contribution in [0.1, 0.15) is 21.5 Å². The molecule has 3 aromatic carbocycles. The van der Waals surface area contributed by atoms with E-state index in [1.165, 1.54) is 0 Å². The molecule has 0 saturated heterocycles. The first-order chi connectivity index (χ1) is 18.3. The Bertz CT molecular complexity index is 1520. The van der Waals surface area contributed by atoms with E-state index in [0.29, 0.717) is 45.2 Å². The number of likely N-dealkylation sites (N-methyl/N-ethyl adjacent to an activating group) is 1. The van der Waals surface area contributed by atoms with Crippen molar-refractivity contribution in [2.45, 2.75) is 6.42 Å². The highest BCUT2D eigenvalue weighted by Gasteiger charge is 2.35. The van der Waals surface area contributed by atoms with Gasteiger partial charge in [0.25, 0.3) is 0 Å². The summed E-state index contributed by atoms with van der Waals surface area (Å²) in [4.78, 5) is 40.2. The predicted octanol–water partition coefficient (Wildman–Crippen LogP) is 3.98. The van der Waals surface area contributed by atoms with Crippen LogP contribution in [0.4, 0.5) is 11.4 Å². The van der Waals surface area contributed by atoms with Crippen molar-refractivity contribution in [1.29, 1.82) is 0 Å². The third kappa shape index (κ3) is 4.91. The lowest BCUT2D eigenvalue weighted by Gasteiger charge is -2.11. The number of aromatic amines is 1. The normalized spacial score (nSPS) is 11.7. The fraction of sp³-hybridized carbons (Fsp3) is 0.172. The lowest BCUT2D eigenvalue weighted by atomic mass is 10.0. The Morgan fingerprint density at radius 3 is 2.34 bits per heavy atom. The molecule has 1 aliphatic carbocycles. The zero-order chi connectivity index (χ0) is 26.8. The smallest absolute Gasteiger partial charge is 0.238 e. The van der Waals surface area contributed by atoms with Crippen molar-refractivity contribution in [1.82, 2.24) is 15.1 Å². The minimum Gasteiger partial charge on any atom is -0.497 e. The molecule has 4 aromatic rings. The molecule has 0 fully saturated rings. The number of hydrogen-bond donors (Lipinski definition) is 3. The summed E-state index contributed by atoms with van der Waals surface area (Å²) in [5.41, 5.74) is 5.51. The van der Waals surface area contributed by atoms with Crippen LogP contribution in [-0.2, 0) is 16.0 Å². The van der Waals surface area contributed by atoms with Gasteiger partial charge in [0.05, 0.1) is 42.6 Å². The van der Waals surface area contributed by atoms with Crippen LogP contribution in [0.15, 0.2) is 66.7 Å². The van der Waals surface area contributed by atoms with Gasteiger partial charge in [0.2, 0.25) is 11.8 Å². The largest absolute Gasteiger partial charge is 0.497 e. The van der Waals surface area contributed by atoms with E-state index in [2.05, 4.69) is 20.8 Å². The average Bonchev–Trinajstić information content (AvgIpc) is 3.45. The van der Waals surface area contributed by atoms with Crippen LogP contribution in [0.2, 0.25) is 0 Å². The lowest BCUT2D eigenvalue weighted by Crippen LogP contribution is -2.27. The summed E-state index contributed by atoms with van der Waals surface area (Å²) in [5, 5.41) is 13.1. The SMILES string of the molecule is COc1ccc(-c2n[nH]c3c2C(=O)c2c(NC(=O)Cc4ccc(NC(=O)CN(C)C)cc4)cccc2-3)cc1. The summed E-state index contributed by atoms with van der Waals surface area (Å²) in [7, 11) is 5.24. The Hall–Kier alpha value is -4.76. The van der Waals surface area contributed by atoms with Crippen LogP contribution in [0.3, 0.4) is 0 Å². The van der Waals surface area contributed by atoms with E-state index in [9.17, 15) is 14.4 Å². The standard InChI is InChI=1S/C29H27N5O4/c1-34(2)16-24(36)30-19-11-7-17(8-12-19)15-23(35)31-22-6-4-5-21-25(22)29(37)26-27(32-33-28(21)26)18-9-13-20(38-3)14-10-18/h4-14H,15-16H2,1-3H3,(H,30,36)(H,31,35)(H,32,33). The molecular formula is C29H27N5O4. The second kappa shape index (κ2) is 10.3. The van der Waals surface area contributed by atoms with Crippen molar-refractivity contribution in [2.75, 3.05) is 38.4 Å². The maximum absolute atomic E-state index is 13.5. The van der Waals surface area contributed by atoms with Crippen LogP contribution in [0, 0.1) is 0 Å². The fourth-order valence-electron chi connectivity index (χ4n) is 4.52. The van der Waals surface area contributed by atoms with Crippen molar-refractivity contribution >= 4 is 29.0 Å². The molecule has 5 rings (SSSR count). The zero-order valence-electron chi connectivity index (χ0n) is 21.3. The third-order valence-electron chi connectivity index (χ3n) is 6.25. The molecule has 9 heteroatoms. The summed E-state index contributed by atoms with van der Waals surface area (Å²) in [6.07, 6.45) is 0.119. The van der Waals surface area contributed by atoms with Crippen LogP contribution >= 0.6 is 0 Å². The van der Waals surface area contributed by atoms with E-state index in [4.69, 9.17) is 4.74 Å². The van der Waals surface area contributed by atoms with Gasteiger partial charge in [-0.3, -0.25) is 19.5 Å². The summed E-state index contributed by atoms with van der Waals surface area (Å²) in [6.45, 7) is 0.283. The van der Waals surface area contributed by atoms with Gasteiger partial charge in [0, 0.05) is 16.8 Å². The van der Waals surface area contributed by atoms with Crippen molar-refractivity contribution in [2.24, 2.45) is 0 Å². The van der Waals surface area contributed by atoms with Gasteiger partial charge in [-0.15, -0.1) is 0 Å². The lowest BCUT2D eigenvalue weighted by molar-refractivity contribution is -0.117. The first-order valence-electron chi connectivity index (χ1n) is 12.1. The molecule has 192 valence electrons. The van der Waals surface area contributed by atoms with Gasteiger partial charge in [-0.25, -0.2) is 0 Å². The Kier molecular flexibility index (Phi) is 6.76. The fourth-order valence-corrected chi connectivity index (χ4v) is 4.52. The van der Waals surface area contributed by atoms with E-state index in [-0.39, 0.29) is 30.6 Å². The molecule has 0 saturated carbocycles. The minimum atomic E-state index is -0.250. The molecule has 0 spiro atoms. The number of H-pyrrole nitrogens is 1. The molecule has 0 radical (unpaired) electrons. The number of benzene rings is 3. The topological polar surface area (TPSA) is 116 Å². The second-order valence-electron chi connectivity index (χ2n) is 9.32. The maximum Gasteiger partial charge on any atom is 0.238 e. The molecule has 1 aromatic heterocycles. The monoisotopic (exact) mass is 509 g/mol. The highest BCUT2D eigenvalue weighted by Crippen LogP contribution is 2.43. The highest BCUT2D eigenvalue weighted by atomic mass is 16.5. The van der Waals surface area contributed by atoms with Gasteiger partial charge in [-0.05, 0) is 62.1 Å². The average molecular weight is 510 g/mol. The number of methoxy groups -OCH3 is 1. The molecule has 0 atom stereocenters. The number of amides is 2. The van der Waals surface area contributed by atoms with Gasteiger partial charge < -0.3 is 20.3 Å². The van der Waals surface area contributed by atoms with Gasteiger partial charge in [0.1, 0.15) is 11.4 Å². The molecule has 0 unspecified atom stereocenters. The van der Waals surface area contributed by atoms with Crippen LogP contribution < -0.4 is 15.4 Å². The van der Waals surface area contributed by atoms with Crippen molar-refractivity contribution < 1.29 is 19.1 Å². The number of hydrogen-bond acceptors (Lipinski definition) is 6. The Labute approximate surface area is 219 Å². The van der Waals surface area contributed by atoms with E-state index < -0.39 is 0 Å². The first kappa shape index (κ1) is 24.9. The quantitative estimate of drug-likeness (QED) is 0.291. The Morgan fingerprint density at radius 2 is 1.66 bits per heavy atom. The number of nitrogens with one attached hydrogen (secondary N) is 3. The molecular weight excluding hydrogens is 482 g/mol. The number of fused-ring (bicyclic) bond motifs is 3. The van der Waals surface area contributed by atoms with E-state index in [0.717, 1.165) is 11.1 Å². The summed E-state index contributed by atoms with van der Waals surface area (Å²) in [5.74, 6) is 0.158. The molecule has 0 aliphatic heterocycles. The van der Waals surface area contributed by atoms with E-state index in [1.807, 2.05) is 44.4 Å². The van der Waals surface area contributed by atoms with Gasteiger partial charge in [-0.2, -0.15) is 5.10 Å². The number of anilines is 2. The summed E-state index contributed by atoms with van der Waals surface area (Å²) in [6, 6.07) is 19.8. The molecule has 1 aliphatic rings. The van der Waals surface area contributed by atoms with E-state index in [1.54, 1.807) is 48.4 Å². The summed E-state index contributed by atoms with van der Waals surface area (Å²) >= 11 is 0. The van der Waals surface area contributed by atoms with Crippen LogP contribution in [-0.4, -0.2) is 60.4 Å². The minimum absolute atomic E-state index is 0.113. The van der Waals surface area contributed by atoms with Crippen molar-refractivity contribution in [3.8, 4) is 28.3 Å². The first-order valence-corrected chi connectivity index (χ1v) is 12.1. The molecule has 0 bridgehead atoms. The zero-order valence-corrected chi connectivity index (χ0v) is 21.3. The Balaban J connectivity index is 1.31.